The van der Waals surface area contributed by atoms with Gasteiger partial charge in [0.25, 0.3) is 0 Å². The molecule has 1 aromatic carbocycles. The van der Waals surface area contributed by atoms with Crippen molar-refractivity contribution in [3.05, 3.63) is 30.3 Å². The van der Waals surface area contributed by atoms with E-state index in [0.29, 0.717) is 12.6 Å². The minimum Gasteiger partial charge on any atom is -0.369 e. The fourth-order valence-corrected chi connectivity index (χ4v) is 5.32. The van der Waals surface area contributed by atoms with Gasteiger partial charge in [0.2, 0.25) is 5.91 Å². The van der Waals surface area contributed by atoms with Crippen molar-refractivity contribution in [3.63, 3.8) is 0 Å². The highest BCUT2D eigenvalue weighted by molar-refractivity contribution is 5.78. The molecule has 3 fully saturated rings. The summed E-state index contributed by atoms with van der Waals surface area (Å²) in [5.41, 5.74) is 1.29. The molecule has 0 aromatic heterocycles. The molecular weight excluding hydrogens is 310 g/mol. The zero-order valence-corrected chi connectivity index (χ0v) is 15.4. The van der Waals surface area contributed by atoms with Crippen LogP contribution in [0.4, 0.5) is 5.69 Å². The lowest BCUT2D eigenvalue weighted by Crippen LogP contribution is -2.51. The van der Waals surface area contributed by atoms with Crippen molar-refractivity contribution in [2.45, 2.75) is 38.6 Å². The lowest BCUT2D eigenvalue weighted by atomic mass is 9.84. The van der Waals surface area contributed by atoms with E-state index < -0.39 is 0 Å². The van der Waals surface area contributed by atoms with Crippen molar-refractivity contribution in [2.24, 2.45) is 17.8 Å². The molecule has 1 heterocycles. The second-order valence-corrected chi connectivity index (χ2v) is 8.29. The van der Waals surface area contributed by atoms with E-state index in [2.05, 4.69) is 52.4 Å². The first-order chi connectivity index (χ1) is 12.2. The zero-order chi connectivity index (χ0) is 17.2. The van der Waals surface area contributed by atoms with Gasteiger partial charge in [0.1, 0.15) is 0 Å². The Morgan fingerprint density at radius 2 is 1.88 bits per heavy atom. The van der Waals surface area contributed by atoms with Crippen LogP contribution in [0.2, 0.25) is 0 Å². The van der Waals surface area contributed by atoms with Crippen LogP contribution < -0.4 is 10.2 Å². The number of nitrogens with one attached hydrogen (secondary N) is 1. The molecule has 1 amide bonds. The third-order valence-corrected chi connectivity index (χ3v) is 6.68. The second-order valence-electron chi connectivity index (χ2n) is 8.29. The molecule has 1 aliphatic heterocycles. The summed E-state index contributed by atoms with van der Waals surface area (Å²) in [6.07, 6.45) is 5.55. The average molecular weight is 341 g/mol. The summed E-state index contributed by atoms with van der Waals surface area (Å²) in [6.45, 7) is 6.69. The molecule has 4 atom stereocenters. The number of benzene rings is 1. The third kappa shape index (κ3) is 3.84. The van der Waals surface area contributed by atoms with Gasteiger partial charge < -0.3 is 10.2 Å². The van der Waals surface area contributed by atoms with Gasteiger partial charge in [-0.2, -0.15) is 0 Å². The lowest BCUT2D eigenvalue weighted by Gasteiger charge is -2.36. The lowest BCUT2D eigenvalue weighted by molar-refractivity contribution is -0.123. The maximum absolute atomic E-state index is 12.5. The molecule has 4 rings (SSSR count). The van der Waals surface area contributed by atoms with Crippen LogP contribution in [-0.4, -0.2) is 49.6 Å². The molecule has 0 radical (unpaired) electrons. The Morgan fingerprint density at radius 3 is 2.52 bits per heavy atom. The summed E-state index contributed by atoms with van der Waals surface area (Å²) in [5.74, 6) is 2.75. The molecule has 25 heavy (non-hydrogen) atoms. The number of hydrogen-bond acceptors (Lipinski definition) is 3. The molecule has 1 N–H and O–H groups in total. The summed E-state index contributed by atoms with van der Waals surface area (Å²) in [7, 11) is 0. The predicted octanol–water partition coefficient (Wildman–Crippen LogP) is 2.75. The number of piperazine rings is 1. The van der Waals surface area contributed by atoms with E-state index in [4.69, 9.17) is 0 Å². The number of hydrogen-bond donors (Lipinski definition) is 1. The largest absolute Gasteiger partial charge is 0.369 e. The van der Waals surface area contributed by atoms with Crippen LogP contribution in [0.1, 0.15) is 32.6 Å². The van der Waals surface area contributed by atoms with Crippen molar-refractivity contribution in [1.82, 2.24) is 10.2 Å². The molecular formula is C21H31N3O. The Bertz CT molecular complexity index is 582. The van der Waals surface area contributed by atoms with Crippen LogP contribution in [0.5, 0.6) is 0 Å². The molecule has 2 aliphatic carbocycles. The quantitative estimate of drug-likeness (QED) is 0.894. The molecule has 0 spiro atoms. The summed E-state index contributed by atoms with van der Waals surface area (Å²) in [6, 6.07) is 10.9. The highest BCUT2D eigenvalue weighted by Crippen LogP contribution is 2.49. The Labute approximate surface area is 151 Å². The number of para-hydroxylation sites is 1. The summed E-state index contributed by atoms with van der Waals surface area (Å²) < 4.78 is 0. The fraction of sp³-hybridized carbons (Fsp3) is 0.667. The number of amides is 1. The molecule has 0 unspecified atom stereocenters. The van der Waals surface area contributed by atoms with E-state index in [1.165, 1.54) is 31.4 Å². The van der Waals surface area contributed by atoms with E-state index in [0.717, 1.165) is 43.9 Å². The van der Waals surface area contributed by atoms with Crippen molar-refractivity contribution in [3.8, 4) is 0 Å². The van der Waals surface area contributed by atoms with E-state index in [1.54, 1.807) is 0 Å². The van der Waals surface area contributed by atoms with Crippen LogP contribution in [0.25, 0.3) is 0 Å². The molecule has 1 aromatic rings. The maximum atomic E-state index is 12.5. The number of fused-ring (bicyclic) bond motifs is 2. The van der Waals surface area contributed by atoms with E-state index >= 15 is 0 Å². The highest BCUT2D eigenvalue weighted by atomic mass is 16.2. The molecule has 2 bridgehead atoms. The predicted molar refractivity (Wildman–Crippen MR) is 102 cm³/mol. The van der Waals surface area contributed by atoms with Crippen molar-refractivity contribution < 1.29 is 4.79 Å². The van der Waals surface area contributed by atoms with Gasteiger partial charge in [-0.05, 0) is 56.1 Å². The van der Waals surface area contributed by atoms with E-state index in [-0.39, 0.29) is 5.91 Å². The summed E-state index contributed by atoms with van der Waals surface area (Å²) in [5, 5.41) is 3.30. The van der Waals surface area contributed by atoms with E-state index in [1.807, 2.05) is 0 Å². The summed E-state index contributed by atoms with van der Waals surface area (Å²) in [4.78, 5) is 17.2. The first-order valence-electron chi connectivity index (χ1n) is 10.0. The maximum Gasteiger partial charge on any atom is 0.234 e. The molecule has 2 saturated carbocycles. The first-order valence-corrected chi connectivity index (χ1v) is 10.0. The van der Waals surface area contributed by atoms with Gasteiger partial charge in [-0.1, -0.05) is 24.6 Å². The Kier molecular flexibility index (Phi) is 4.98. The van der Waals surface area contributed by atoms with E-state index in [9.17, 15) is 4.79 Å². The van der Waals surface area contributed by atoms with Crippen molar-refractivity contribution in [2.75, 3.05) is 37.6 Å². The number of anilines is 1. The van der Waals surface area contributed by atoms with Gasteiger partial charge in [0, 0.05) is 37.9 Å². The number of carbonyl (C=O) groups is 1. The van der Waals surface area contributed by atoms with Crippen molar-refractivity contribution >= 4 is 11.6 Å². The van der Waals surface area contributed by atoms with Gasteiger partial charge in [0.15, 0.2) is 0 Å². The Morgan fingerprint density at radius 1 is 1.12 bits per heavy atom. The minimum absolute atomic E-state index is 0.212. The third-order valence-electron chi connectivity index (χ3n) is 6.68. The minimum atomic E-state index is 0.212. The van der Waals surface area contributed by atoms with Crippen LogP contribution >= 0.6 is 0 Å². The van der Waals surface area contributed by atoms with Crippen LogP contribution in [0, 0.1) is 17.8 Å². The topological polar surface area (TPSA) is 35.6 Å². The molecule has 1 saturated heterocycles. The molecule has 4 heteroatoms. The SMILES string of the molecule is C[C@H](NC(=O)CN1CCN(c2ccccc2)CC1)[C@@H]1C[C@@H]2CC[C@@H]1C2. The van der Waals surface area contributed by atoms with Crippen molar-refractivity contribution in [1.29, 1.82) is 0 Å². The van der Waals surface area contributed by atoms with Gasteiger partial charge in [-0.3, -0.25) is 9.69 Å². The smallest absolute Gasteiger partial charge is 0.234 e. The van der Waals surface area contributed by atoms with Crippen LogP contribution in [0.3, 0.4) is 0 Å². The molecule has 3 aliphatic rings. The molecule has 136 valence electrons. The number of nitrogens with zero attached hydrogens (tertiary/aromatic N) is 2. The second kappa shape index (κ2) is 7.36. The normalized spacial score (nSPS) is 30.4. The molecule has 4 nitrogen and oxygen atoms in total. The number of carbonyl (C=O) groups excluding carboxylic acids is 1. The van der Waals surface area contributed by atoms with Gasteiger partial charge >= 0.3 is 0 Å². The van der Waals surface area contributed by atoms with Gasteiger partial charge in [-0.15, -0.1) is 0 Å². The average Bonchev–Trinajstić information content (AvgIpc) is 3.26. The Balaban J connectivity index is 1.21. The van der Waals surface area contributed by atoms with Crippen LogP contribution in [0.15, 0.2) is 30.3 Å². The summed E-state index contributed by atoms with van der Waals surface area (Å²) >= 11 is 0. The number of rotatable bonds is 5. The van der Waals surface area contributed by atoms with Gasteiger partial charge in [-0.25, -0.2) is 0 Å². The van der Waals surface area contributed by atoms with Crippen LogP contribution in [-0.2, 0) is 4.79 Å². The Hall–Kier alpha value is -1.55. The van der Waals surface area contributed by atoms with Gasteiger partial charge in [0.05, 0.1) is 6.54 Å². The monoisotopic (exact) mass is 341 g/mol. The zero-order valence-electron chi connectivity index (χ0n) is 15.4. The highest BCUT2D eigenvalue weighted by Gasteiger charge is 2.42. The fourth-order valence-electron chi connectivity index (χ4n) is 5.32. The first kappa shape index (κ1) is 16.9. The standard InChI is InChI=1S/C21H31N3O/c1-16(20-14-17-7-8-18(20)13-17)22-21(25)15-23-9-11-24(12-10-23)19-5-3-2-4-6-19/h2-6,16-18,20H,7-15H2,1H3,(H,22,25)/t16-,17+,18+,20-/m0/s1.